The van der Waals surface area contributed by atoms with E-state index in [0.717, 1.165) is 6.54 Å². The third-order valence-electron chi connectivity index (χ3n) is 2.47. The Hall–Kier alpha value is -1.95. The molecule has 0 aliphatic rings. The maximum absolute atomic E-state index is 11.8. The summed E-state index contributed by atoms with van der Waals surface area (Å²) in [6, 6.07) is 6.04. The summed E-state index contributed by atoms with van der Waals surface area (Å²) in [6.45, 7) is 5.14. The van der Waals surface area contributed by atoms with Crippen molar-refractivity contribution in [2.24, 2.45) is 0 Å². The van der Waals surface area contributed by atoms with Crippen LogP contribution in [0.4, 0.5) is 5.69 Å². The predicted molar refractivity (Wildman–Crippen MR) is 68.6 cm³/mol. The van der Waals surface area contributed by atoms with Crippen LogP contribution in [-0.4, -0.2) is 30.0 Å². The van der Waals surface area contributed by atoms with Gasteiger partial charge in [-0.2, -0.15) is 0 Å². The highest BCUT2D eigenvalue weighted by molar-refractivity contribution is 5.98. The Labute approximate surface area is 106 Å². The lowest BCUT2D eigenvalue weighted by Crippen LogP contribution is -2.38. The smallest absolute Gasteiger partial charge is 0.282 e. The van der Waals surface area contributed by atoms with Crippen LogP contribution in [0.3, 0.4) is 0 Å². The normalized spacial score (nSPS) is 11.9. The molecule has 0 fully saturated rings. The Kier molecular flexibility index (Phi) is 5.26. The van der Waals surface area contributed by atoms with E-state index in [4.69, 9.17) is 0 Å². The lowest BCUT2D eigenvalue weighted by Gasteiger charge is -2.13. The SMILES string of the molecule is CCN[C@H](C)CNC(=O)c1ccccc1[N+](=O)[O-]. The van der Waals surface area contributed by atoms with Gasteiger partial charge in [0, 0.05) is 18.7 Å². The number of carbonyl (C=O) groups excluding carboxylic acids is 1. The summed E-state index contributed by atoms with van der Waals surface area (Å²) in [5.74, 6) is -0.424. The molecule has 98 valence electrons. The summed E-state index contributed by atoms with van der Waals surface area (Å²) in [5, 5.41) is 16.6. The minimum Gasteiger partial charge on any atom is -0.350 e. The average Bonchev–Trinajstić information content (AvgIpc) is 2.36. The number of nitro benzene ring substituents is 1. The van der Waals surface area contributed by atoms with Crippen molar-refractivity contribution in [3.8, 4) is 0 Å². The van der Waals surface area contributed by atoms with Crippen LogP contribution >= 0.6 is 0 Å². The molecule has 6 heteroatoms. The van der Waals surface area contributed by atoms with Gasteiger partial charge in [-0.05, 0) is 19.5 Å². The minimum atomic E-state index is -0.553. The molecule has 0 heterocycles. The van der Waals surface area contributed by atoms with E-state index in [1.54, 1.807) is 6.07 Å². The van der Waals surface area contributed by atoms with Gasteiger partial charge in [0.15, 0.2) is 0 Å². The highest BCUT2D eigenvalue weighted by Gasteiger charge is 2.18. The molecule has 1 aromatic rings. The van der Waals surface area contributed by atoms with Gasteiger partial charge in [0.1, 0.15) is 5.56 Å². The zero-order chi connectivity index (χ0) is 13.5. The molecule has 1 atom stereocenters. The second kappa shape index (κ2) is 6.70. The lowest BCUT2D eigenvalue weighted by molar-refractivity contribution is -0.385. The third kappa shape index (κ3) is 3.81. The van der Waals surface area contributed by atoms with Gasteiger partial charge in [-0.3, -0.25) is 14.9 Å². The monoisotopic (exact) mass is 251 g/mol. The van der Waals surface area contributed by atoms with Crippen molar-refractivity contribution in [1.82, 2.24) is 10.6 Å². The second-order valence-electron chi connectivity index (χ2n) is 3.94. The molecular formula is C12H17N3O3. The van der Waals surface area contributed by atoms with Crippen LogP contribution in [0.1, 0.15) is 24.2 Å². The molecule has 0 saturated heterocycles. The molecule has 0 aromatic heterocycles. The highest BCUT2D eigenvalue weighted by atomic mass is 16.6. The molecule has 0 bridgehead atoms. The van der Waals surface area contributed by atoms with Crippen LogP contribution < -0.4 is 10.6 Å². The fourth-order valence-corrected chi connectivity index (χ4v) is 1.59. The minimum absolute atomic E-state index is 0.0891. The molecule has 1 aromatic carbocycles. The van der Waals surface area contributed by atoms with Gasteiger partial charge in [-0.1, -0.05) is 19.1 Å². The van der Waals surface area contributed by atoms with Crippen LogP contribution in [0.5, 0.6) is 0 Å². The summed E-state index contributed by atoms with van der Waals surface area (Å²) in [6.07, 6.45) is 0. The molecule has 1 rings (SSSR count). The summed E-state index contributed by atoms with van der Waals surface area (Å²) in [7, 11) is 0. The van der Waals surface area contributed by atoms with E-state index in [9.17, 15) is 14.9 Å². The molecule has 0 aliphatic carbocycles. The maximum Gasteiger partial charge on any atom is 0.282 e. The molecular weight excluding hydrogens is 234 g/mol. The first-order valence-corrected chi connectivity index (χ1v) is 5.81. The summed E-state index contributed by atoms with van der Waals surface area (Å²) in [5.41, 5.74) is -0.0858. The van der Waals surface area contributed by atoms with Gasteiger partial charge in [0.2, 0.25) is 0 Å². The third-order valence-corrected chi connectivity index (χ3v) is 2.47. The summed E-state index contributed by atoms with van der Waals surface area (Å²) < 4.78 is 0. The number of hydrogen-bond donors (Lipinski definition) is 2. The number of nitrogens with zero attached hydrogens (tertiary/aromatic N) is 1. The number of nitro groups is 1. The van der Waals surface area contributed by atoms with Gasteiger partial charge in [-0.25, -0.2) is 0 Å². The van der Waals surface area contributed by atoms with E-state index >= 15 is 0 Å². The fourth-order valence-electron chi connectivity index (χ4n) is 1.59. The van der Waals surface area contributed by atoms with E-state index in [2.05, 4.69) is 10.6 Å². The molecule has 18 heavy (non-hydrogen) atoms. The van der Waals surface area contributed by atoms with E-state index < -0.39 is 10.8 Å². The molecule has 1 amide bonds. The van der Waals surface area contributed by atoms with Crippen LogP contribution in [0.2, 0.25) is 0 Å². The molecule has 0 saturated carbocycles. The second-order valence-corrected chi connectivity index (χ2v) is 3.94. The van der Waals surface area contributed by atoms with Gasteiger partial charge in [0.05, 0.1) is 4.92 Å². The topological polar surface area (TPSA) is 84.3 Å². The fraction of sp³-hybridized carbons (Fsp3) is 0.417. The van der Waals surface area contributed by atoms with Gasteiger partial charge in [-0.15, -0.1) is 0 Å². The van der Waals surface area contributed by atoms with Crippen molar-refractivity contribution in [3.63, 3.8) is 0 Å². The zero-order valence-corrected chi connectivity index (χ0v) is 10.5. The van der Waals surface area contributed by atoms with Crippen LogP contribution in [0, 0.1) is 10.1 Å². The summed E-state index contributed by atoms with van der Waals surface area (Å²) >= 11 is 0. The molecule has 2 N–H and O–H groups in total. The Bertz CT molecular complexity index is 434. The first kappa shape index (κ1) is 14.1. The number of para-hydroxylation sites is 1. The van der Waals surface area contributed by atoms with Crippen LogP contribution in [0.15, 0.2) is 24.3 Å². The number of rotatable bonds is 6. The number of hydrogen-bond acceptors (Lipinski definition) is 4. The Morgan fingerprint density at radius 2 is 2.11 bits per heavy atom. The first-order valence-electron chi connectivity index (χ1n) is 5.81. The van der Waals surface area contributed by atoms with E-state index in [1.807, 2.05) is 13.8 Å². The first-order chi connectivity index (χ1) is 8.56. The standard InChI is InChI=1S/C12H17N3O3/c1-3-13-9(2)8-14-12(16)10-6-4-5-7-11(10)15(17)18/h4-7,9,13H,3,8H2,1-2H3,(H,14,16)/t9-/m1/s1. The van der Waals surface area contributed by atoms with Gasteiger partial charge >= 0.3 is 0 Å². The Morgan fingerprint density at radius 3 is 2.72 bits per heavy atom. The van der Waals surface area contributed by atoms with E-state index in [-0.39, 0.29) is 17.3 Å². The Morgan fingerprint density at radius 1 is 1.44 bits per heavy atom. The Balaban J connectivity index is 2.70. The molecule has 0 radical (unpaired) electrons. The predicted octanol–water partition coefficient (Wildman–Crippen LogP) is 1.32. The lowest BCUT2D eigenvalue weighted by atomic mass is 10.1. The molecule has 6 nitrogen and oxygen atoms in total. The summed E-state index contributed by atoms with van der Waals surface area (Å²) in [4.78, 5) is 22.1. The van der Waals surface area contributed by atoms with Gasteiger partial charge in [0.25, 0.3) is 11.6 Å². The maximum atomic E-state index is 11.8. The van der Waals surface area contributed by atoms with Crippen molar-refractivity contribution in [1.29, 1.82) is 0 Å². The molecule has 0 spiro atoms. The van der Waals surface area contributed by atoms with Crippen molar-refractivity contribution in [3.05, 3.63) is 39.9 Å². The number of nitrogens with one attached hydrogen (secondary N) is 2. The average molecular weight is 251 g/mol. The molecule has 0 unspecified atom stereocenters. The van der Waals surface area contributed by atoms with Crippen molar-refractivity contribution in [2.75, 3.05) is 13.1 Å². The van der Waals surface area contributed by atoms with E-state index in [0.29, 0.717) is 6.54 Å². The van der Waals surface area contributed by atoms with Crippen LogP contribution in [0.25, 0.3) is 0 Å². The van der Waals surface area contributed by atoms with Crippen molar-refractivity contribution < 1.29 is 9.72 Å². The number of carbonyl (C=O) groups is 1. The van der Waals surface area contributed by atoms with Crippen LogP contribution in [-0.2, 0) is 0 Å². The number of likely N-dealkylation sites (N-methyl/N-ethyl adjacent to an activating group) is 1. The quantitative estimate of drug-likeness (QED) is 0.590. The van der Waals surface area contributed by atoms with Gasteiger partial charge < -0.3 is 10.6 Å². The number of benzene rings is 1. The highest BCUT2D eigenvalue weighted by Crippen LogP contribution is 2.17. The largest absolute Gasteiger partial charge is 0.350 e. The number of amides is 1. The zero-order valence-electron chi connectivity index (χ0n) is 10.5. The van der Waals surface area contributed by atoms with E-state index in [1.165, 1.54) is 18.2 Å². The van der Waals surface area contributed by atoms with Crippen molar-refractivity contribution >= 4 is 11.6 Å². The van der Waals surface area contributed by atoms with Crippen molar-refractivity contribution in [2.45, 2.75) is 19.9 Å². The molecule has 0 aliphatic heterocycles.